The van der Waals surface area contributed by atoms with Crippen molar-refractivity contribution in [1.29, 1.82) is 0 Å². The predicted molar refractivity (Wildman–Crippen MR) is 78.1 cm³/mol. The van der Waals surface area contributed by atoms with Crippen molar-refractivity contribution in [2.24, 2.45) is 0 Å². The fourth-order valence-corrected chi connectivity index (χ4v) is 2.23. The van der Waals surface area contributed by atoms with Gasteiger partial charge in [0.1, 0.15) is 11.3 Å². The summed E-state index contributed by atoms with van der Waals surface area (Å²) in [6.45, 7) is 5.18. The summed E-state index contributed by atoms with van der Waals surface area (Å²) < 4.78 is 5.97. The van der Waals surface area contributed by atoms with Crippen LogP contribution in [-0.2, 0) is 4.74 Å². The van der Waals surface area contributed by atoms with E-state index in [1.807, 2.05) is 0 Å². The summed E-state index contributed by atoms with van der Waals surface area (Å²) in [5, 5.41) is 9.81. The number of ether oxygens (including phenoxy) is 1. The highest BCUT2D eigenvalue weighted by molar-refractivity contribution is 9.10. The third kappa shape index (κ3) is 2.85. The van der Waals surface area contributed by atoms with Gasteiger partial charge in [0.25, 0.3) is 0 Å². The Hall–Kier alpha value is -1.82. The molecule has 0 spiro atoms. The number of esters is 1. The van der Waals surface area contributed by atoms with Crippen LogP contribution in [0.15, 0.2) is 22.7 Å². The second-order valence-electron chi connectivity index (χ2n) is 5.37. The zero-order valence-corrected chi connectivity index (χ0v) is 12.9. The molecule has 0 bridgehead atoms. The first-order valence-electron chi connectivity index (χ1n) is 5.97. The smallest absolute Gasteiger partial charge is 0.356 e. The highest BCUT2D eigenvalue weighted by atomic mass is 79.9. The first-order valence-corrected chi connectivity index (χ1v) is 6.76. The Morgan fingerprint density at radius 3 is 2.50 bits per heavy atom. The van der Waals surface area contributed by atoms with Crippen molar-refractivity contribution < 1.29 is 19.4 Å². The van der Waals surface area contributed by atoms with Crippen molar-refractivity contribution >= 4 is 38.8 Å². The molecule has 0 radical (unpaired) electrons. The van der Waals surface area contributed by atoms with Gasteiger partial charge in [-0.15, -0.1) is 0 Å². The molecule has 1 aromatic carbocycles. The normalized spacial score (nSPS) is 11.6. The molecule has 2 aromatic rings. The van der Waals surface area contributed by atoms with Crippen molar-refractivity contribution in [2.75, 3.05) is 0 Å². The van der Waals surface area contributed by atoms with Gasteiger partial charge < -0.3 is 14.8 Å². The van der Waals surface area contributed by atoms with Gasteiger partial charge in [0.15, 0.2) is 0 Å². The van der Waals surface area contributed by atoms with Gasteiger partial charge in [-0.05, 0) is 39.0 Å². The number of carboxylic acid groups (broad SMARTS) is 1. The van der Waals surface area contributed by atoms with Crippen LogP contribution in [0.1, 0.15) is 41.6 Å². The van der Waals surface area contributed by atoms with E-state index in [1.165, 1.54) is 0 Å². The molecule has 0 aliphatic rings. The molecule has 6 heteroatoms. The average Bonchev–Trinajstić information content (AvgIpc) is 2.65. The fraction of sp³-hybridized carbons (Fsp3) is 0.286. The summed E-state index contributed by atoms with van der Waals surface area (Å²) in [6, 6.07) is 5.13. The molecule has 1 heterocycles. The third-order valence-corrected chi connectivity index (χ3v) is 3.07. The minimum absolute atomic E-state index is 0.0412. The topological polar surface area (TPSA) is 79.4 Å². The van der Waals surface area contributed by atoms with Crippen LogP contribution >= 0.6 is 15.9 Å². The molecule has 0 amide bonds. The fourth-order valence-electron chi connectivity index (χ4n) is 1.87. The minimum atomic E-state index is -1.17. The Labute approximate surface area is 124 Å². The first kappa shape index (κ1) is 14.6. The SMILES string of the molecule is CC(C)(C)OC(=O)c1[nH]c2ccc(Br)cc2c1C(=O)O. The number of carbonyl (C=O) groups excluding carboxylic acids is 1. The Balaban J connectivity index is 2.61. The Morgan fingerprint density at radius 2 is 1.95 bits per heavy atom. The van der Waals surface area contributed by atoms with Crippen molar-refractivity contribution in [3.63, 3.8) is 0 Å². The molecule has 0 fully saturated rings. The third-order valence-electron chi connectivity index (χ3n) is 2.58. The van der Waals surface area contributed by atoms with Gasteiger partial charge in [-0.3, -0.25) is 0 Å². The van der Waals surface area contributed by atoms with E-state index in [0.29, 0.717) is 10.9 Å². The van der Waals surface area contributed by atoms with Gasteiger partial charge in [0, 0.05) is 15.4 Å². The Morgan fingerprint density at radius 1 is 1.30 bits per heavy atom. The summed E-state index contributed by atoms with van der Waals surface area (Å²) in [7, 11) is 0. The molecule has 106 valence electrons. The lowest BCUT2D eigenvalue weighted by Crippen LogP contribution is -2.25. The van der Waals surface area contributed by atoms with Crippen LogP contribution in [-0.4, -0.2) is 27.6 Å². The van der Waals surface area contributed by atoms with Crippen LogP contribution in [0.25, 0.3) is 10.9 Å². The molecule has 0 saturated carbocycles. The van der Waals surface area contributed by atoms with Crippen LogP contribution in [0, 0.1) is 0 Å². The van der Waals surface area contributed by atoms with E-state index in [9.17, 15) is 14.7 Å². The standard InChI is InChI=1S/C14H14BrNO4/c1-14(2,3)20-13(19)11-10(12(17)18)8-6-7(15)4-5-9(8)16-11/h4-6,16H,1-3H3,(H,17,18). The van der Waals surface area contributed by atoms with Crippen molar-refractivity contribution in [2.45, 2.75) is 26.4 Å². The number of rotatable bonds is 2. The van der Waals surface area contributed by atoms with E-state index >= 15 is 0 Å². The summed E-state index contributed by atoms with van der Waals surface area (Å²) >= 11 is 3.29. The maximum atomic E-state index is 12.1. The van der Waals surface area contributed by atoms with E-state index in [1.54, 1.807) is 39.0 Å². The molecular formula is C14H14BrNO4. The zero-order chi connectivity index (χ0) is 15.1. The van der Waals surface area contributed by atoms with E-state index in [2.05, 4.69) is 20.9 Å². The summed E-state index contributed by atoms with van der Waals surface area (Å²) in [5.41, 5.74) is -0.229. The number of aromatic carboxylic acids is 1. The highest BCUT2D eigenvalue weighted by Gasteiger charge is 2.27. The van der Waals surface area contributed by atoms with Crippen molar-refractivity contribution in [3.05, 3.63) is 33.9 Å². The molecule has 0 unspecified atom stereocenters. The highest BCUT2D eigenvalue weighted by Crippen LogP contribution is 2.27. The Bertz CT molecular complexity index is 697. The van der Waals surface area contributed by atoms with E-state index in [0.717, 1.165) is 4.47 Å². The van der Waals surface area contributed by atoms with Gasteiger partial charge >= 0.3 is 11.9 Å². The monoisotopic (exact) mass is 339 g/mol. The maximum Gasteiger partial charge on any atom is 0.356 e. The summed E-state index contributed by atoms with van der Waals surface area (Å²) in [6.07, 6.45) is 0. The van der Waals surface area contributed by atoms with Gasteiger partial charge in [-0.2, -0.15) is 0 Å². The molecule has 0 aliphatic heterocycles. The van der Waals surface area contributed by atoms with Crippen LogP contribution in [0.5, 0.6) is 0 Å². The van der Waals surface area contributed by atoms with Crippen molar-refractivity contribution in [1.82, 2.24) is 4.98 Å². The lowest BCUT2D eigenvalue weighted by atomic mass is 10.1. The molecular weight excluding hydrogens is 326 g/mol. The molecule has 5 nitrogen and oxygen atoms in total. The number of aromatic nitrogens is 1. The lowest BCUT2D eigenvalue weighted by molar-refractivity contribution is 0.00602. The van der Waals surface area contributed by atoms with Gasteiger partial charge in [-0.25, -0.2) is 9.59 Å². The summed E-state index contributed by atoms with van der Waals surface area (Å²) in [4.78, 5) is 26.4. The minimum Gasteiger partial charge on any atom is -0.478 e. The second-order valence-corrected chi connectivity index (χ2v) is 6.29. The molecule has 2 N–H and O–H groups in total. The number of fused-ring (bicyclic) bond motifs is 1. The molecule has 0 aliphatic carbocycles. The van der Waals surface area contributed by atoms with Gasteiger partial charge in [0.2, 0.25) is 0 Å². The number of halogens is 1. The average molecular weight is 340 g/mol. The number of hydrogen-bond donors (Lipinski definition) is 2. The second kappa shape index (κ2) is 4.94. The van der Waals surface area contributed by atoms with Crippen LogP contribution in [0.2, 0.25) is 0 Å². The molecule has 2 rings (SSSR count). The number of aromatic amines is 1. The number of carbonyl (C=O) groups is 2. The largest absolute Gasteiger partial charge is 0.478 e. The molecule has 20 heavy (non-hydrogen) atoms. The van der Waals surface area contributed by atoms with Gasteiger partial charge in [0.05, 0.1) is 5.56 Å². The lowest BCUT2D eigenvalue weighted by Gasteiger charge is -2.19. The number of carboxylic acids is 1. The molecule has 1 aromatic heterocycles. The van der Waals surface area contributed by atoms with E-state index in [4.69, 9.17) is 4.74 Å². The number of nitrogens with one attached hydrogen (secondary N) is 1. The number of hydrogen-bond acceptors (Lipinski definition) is 3. The van der Waals surface area contributed by atoms with Crippen LogP contribution in [0.4, 0.5) is 0 Å². The zero-order valence-electron chi connectivity index (χ0n) is 11.3. The predicted octanol–water partition coefficient (Wildman–Crippen LogP) is 3.58. The quantitative estimate of drug-likeness (QED) is 0.819. The van der Waals surface area contributed by atoms with Gasteiger partial charge in [-0.1, -0.05) is 15.9 Å². The van der Waals surface area contributed by atoms with E-state index < -0.39 is 17.5 Å². The van der Waals surface area contributed by atoms with Crippen LogP contribution in [0.3, 0.4) is 0 Å². The van der Waals surface area contributed by atoms with Crippen molar-refractivity contribution in [3.8, 4) is 0 Å². The van der Waals surface area contributed by atoms with Crippen LogP contribution < -0.4 is 0 Å². The first-order chi connectivity index (χ1) is 9.19. The molecule has 0 atom stereocenters. The maximum absolute atomic E-state index is 12.1. The van der Waals surface area contributed by atoms with E-state index in [-0.39, 0.29) is 11.3 Å². The number of H-pyrrole nitrogens is 1. The Kier molecular flexibility index (Phi) is 3.60. The number of benzene rings is 1. The molecule has 0 saturated heterocycles. The summed E-state index contributed by atoms with van der Waals surface area (Å²) in [5.74, 6) is -1.85.